The summed E-state index contributed by atoms with van der Waals surface area (Å²) in [5.74, 6) is 0.566. The molecule has 0 bridgehead atoms. The molecule has 0 saturated heterocycles. The lowest BCUT2D eigenvalue weighted by molar-refractivity contribution is 0.145. The summed E-state index contributed by atoms with van der Waals surface area (Å²) >= 11 is 0. The van der Waals surface area contributed by atoms with Gasteiger partial charge >= 0.3 is 0 Å². The van der Waals surface area contributed by atoms with Crippen LogP contribution in [0.4, 0.5) is 0 Å². The number of nitriles is 1. The number of hydrogen-bond donors (Lipinski definition) is 0. The highest BCUT2D eigenvalue weighted by atomic mass is 16.5. The first kappa shape index (κ1) is 10.5. The van der Waals surface area contributed by atoms with E-state index < -0.39 is 6.10 Å². The van der Waals surface area contributed by atoms with Crippen LogP contribution in [0.2, 0.25) is 0 Å². The Morgan fingerprint density at radius 2 is 2.14 bits per heavy atom. The van der Waals surface area contributed by atoms with E-state index in [1.807, 2.05) is 13.0 Å². The van der Waals surface area contributed by atoms with Gasteiger partial charge in [0.15, 0.2) is 6.10 Å². The fourth-order valence-corrected chi connectivity index (χ4v) is 1.43. The largest absolute Gasteiger partial charge is 0.481 e. The minimum absolute atomic E-state index is 0.566. The number of ether oxygens (including phenoxy) is 2. The maximum Gasteiger partial charge on any atom is 0.218 e. The average Bonchev–Trinajstić information content (AvgIpc) is 2.44. The number of hydrogen-bond acceptors (Lipinski definition) is 4. The normalized spacial score (nSPS) is 12.2. The van der Waals surface area contributed by atoms with Gasteiger partial charge in [-0.15, -0.1) is 0 Å². The molecule has 5 heteroatoms. The van der Waals surface area contributed by atoms with Crippen LogP contribution in [0, 0.1) is 18.3 Å². The van der Waals surface area contributed by atoms with Crippen molar-refractivity contribution >= 4 is 0 Å². The monoisotopic (exact) mass is 195 g/mol. The Labute approximate surface area is 82.8 Å². The van der Waals surface area contributed by atoms with E-state index in [0.717, 1.165) is 5.69 Å². The minimum Gasteiger partial charge on any atom is -0.481 e. The summed E-state index contributed by atoms with van der Waals surface area (Å²) in [6.45, 7) is 1.82. The molecule has 1 unspecified atom stereocenters. The Hall–Kier alpha value is -1.54. The molecule has 0 spiro atoms. The lowest BCUT2D eigenvalue weighted by Gasteiger charge is -2.08. The van der Waals surface area contributed by atoms with Crippen molar-refractivity contribution < 1.29 is 9.47 Å². The van der Waals surface area contributed by atoms with E-state index in [1.54, 1.807) is 18.8 Å². The highest BCUT2D eigenvalue weighted by Gasteiger charge is 2.22. The molecule has 0 aliphatic heterocycles. The van der Waals surface area contributed by atoms with Gasteiger partial charge in [0.25, 0.3) is 0 Å². The van der Waals surface area contributed by atoms with Crippen molar-refractivity contribution in [2.24, 2.45) is 7.05 Å². The first-order valence-corrected chi connectivity index (χ1v) is 4.15. The Morgan fingerprint density at radius 3 is 2.57 bits per heavy atom. The molecule has 0 N–H and O–H groups in total. The molecule has 76 valence electrons. The standard InChI is InChI=1S/C9H13N3O2/c1-6-8(7(5-10)13-3)9(14-4)12(2)11-6/h7H,1-4H3. The smallest absolute Gasteiger partial charge is 0.218 e. The van der Waals surface area contributed by atoms with Gasteiger partial charge in [0.1, 0.15) is 0 Å². The molecule has 1 atom stereocenters. The van der Waals surface area contributed by atoms with Crippen molar-refractivity contribution in [3.8, 4) is 11.9 Å². The van der Waals surface area contributed by atoms with Gasteiger partial charge in [0.05, 0.1) is 24.4 Å². The third-order valence-electron chi connectivity index (χ3n) is 2.02. The van der Waals surface area contributed by atoms with E-state index >= 15 is 0 Å². The van der Waals surface area contributed by atoms with Crippen LogP contribution in [0.15, 0.2) is 0 Å². The SMILES string of the molecule is COc1c(C(C#N)OC)c(C)nn1C. The van der Waals surface area contributed by atoms with Crippen LogP contribution in [0.1, 0.15) is 17.4 Å². The predicted molar refractivity (Wildman–Crippen MR) is 49.9 cm³/mol. The molecule has 1 aromatic rings. The zero-order chi connectivity index (χ0) is 10.7. The maximum absolute atomic E-state index is 8.87. The third kappa shape index (κ3) is 1.56. The zero-order valence-corrected chi connectivity index (χ0v) is 8.74. The minimum atomic E-state index is -0.626. The van der Waals surface area contributed by atoms with Crippen LogP contribution in [0.5, 0.6) is 5.88 Å². The second-order valence-corrected chi connectivity index (χ2v) is 2.88. The van der Waals surface area contributed by atoms with Crippen molar-refractivity contribution in [2.45, 2.75) is 13.0 Å². The number of rotatable bonds is 3. The predicted octanol–water partition coefficient (Wildman–Crippen LogP) is 0.948. The molecule has 1 rings (SSSR count). The van der Waals surface area contributed by atoms with Gasteiger partial charge in [-0.05, 0) is 6.92 Å². The number of aryl methyl sites for hydroxylation is 2. The van der Waals surface area contributed by atoms with Gasteiger partial charge in [0, 0.05) is 14.2 Å². The third-order valence-corrected chi connectivity index (χ3v) is 2.02. The van der Waals surface area contributed by atoms with Crippen LogP contribution in [-0.2, 0) is 11.8 Å². The lowest BCUT2D eigenvalue weighted by atomic mass is 10.1. The topological polar surface area (TPSA) is 60.1 Å². The highest BCUT2D eigenvalue weighted by Crippen LogP contribution is 2.29. The van der Waals surface area contributed by atoms with E-state index in [1.165, 1.54) is 7.11 Å². The number of methoxy groups -OCH3 is 2. The van der Waals surface area contributed by atoms with Gasteiger partial charge in [-0.3, -0.25) is 0 Å². The summed E-state index contributed by atoms with van der Waals surface area (Å²) in [5.41, 5.74) is 1.44. The molecule has 0 fully saturated rings. The van der Waals surface area contributed by atoms with Gasteiger partial charge in [0.2, 0.25) is 5.88 Å². The summed E-state index contributed by atoms with van der Waals surface area (Å²) in [5, 5.41) is 13.0. The molecule has 0 radical (unpaired) electrons. The van der Waals surface area contributed by atoms with Crippen molar-refractivity contribution in [3.63, 3.8) is 0 Å². The Bertz CT molecular complexity index is 365. The zero-order valence-electron chi connectivity index (χ0n) is 8.74. The summed E-state index contributed by atoms with van der Waals surface area (Å²) in [4.78, 5) is 0. The summed E-state index contributed by atoms with van der Waals surface area (Å²) < 4.78 is 11.8. The van der Waals surface area contributed by atoms with Gasteiger partial charge in [-0.2, -0.15) is 10.4 Å². The fourth-order valence-electron chi connectivity index (χ4n) is 1.43. The molecule has 5 nitrogen and oxygen atoms in total. The van der Waals surface area contributed by atoms with E-state index in [-0.39, 0.29) is 0 Å². The summed E-state index contributed by atoms with van der Waals surface area (Å²) in [6.07, 6.45) is -0.626. The number of nitrogens with zero attached hydrogens (tertiary/aromatic N) is 3. The van der Waals surface area contributed by atoms with Crippen molar-refractivity contribution in [2.75, 3.05) is 14.2 Å². The average molecular weight is 195 g/mol. The highest BCUT2D eigenvalue weighted by molar-refractivity contribution is 5.36. The van der Waals surface area contributed by atoms with Crippen LogP contribution in [0.25, 0.3) is 0 Å². The lowest BCUT2D eigenvalue weighted by Crippen LogP contribution is -2.02. The van der Waals surface area contributed by atoms with Crippen LogP contribution in [0.3, 0.4) is 0 Å². The first-order chi connectivity index (χ1) is 6.65. The second kappa shape index (κ2) is 4.11. The molecule has 0 aromatic carbocycles. The van der Waals surface area contributed by atoms with E-state index in [0.29, 0.717) is 11.4 Å². The Balaban J connectivity index is 3.25. The quantitative estimate of drug-likeness (QED) is 0.720. The van der Waals surface area contributed by atoms with Crippen LogP contribution >= 0.6 is 0 Å². The molecular formula is C9H13N3O2. The first-order valence-electron chi connectivity index (χ1n) is 4.15. The second-order valence-electron chi connectivity index (χ2n) is 2.88. The van der Waals surface area contributed by atoms with E-state index in [2.05, 4.69) is 5.10 Å². The van der Waals surface area contributed by atoms with Gasteiger partial charge in [-0.1, -0.05) is 0 Å². The molecule has 0 saturated carbocycles. The van der Waals surface area contributed by atoms with Crippen LogP contribution < -0.4 is 4.74 Å². The molecular weight excluding hydrogens is 182 g/mol. The molecule has 14 heavy (non-hydrogen) atoms. The summed E-state index contributed by atoms with van der Waals surface area (Å²) in [7, 11) is 4.79. The Kier molecular flexibility index (Phi) is 3.10. The molecule has 0 aliphatic rings. The van der Waals surface area contributed by atoms with Gasteiger partial charge < -0.3 is 9.47 Å². The van der Waals surface area contributed by atoms with Crippen molar-refractivity contribution in [3.05, 3.63) is 11.3 Å². The molecule has 0 aliphatic carbocycles. The van der Waals surface area contributed by atoms with E-state index in [4.69, 9.17) is 14.7 Å². The molecule has 1 aromatic heterocycles. The maximum atomic E-state index is 8.87. The Morgan fingerprint density at radius 1 is 1.50 bits per heavy atom. The van der Waals surface area contributed by atoms with Crippen molar-refractivity contribution in [1.29, 1.82) is 5.26 Å². The molecule has 1 heterocycles. The van der Waals surface area contributed by atoms with Crippen molar-refractivity contribution in [1.82, 2.24) is 9.78 Å². The fraction of sp³-hybridized carbons (Fsp3) is 0.556. The summed E-state index contributed by atoms with van der Waals surface area (Å²) in [6, 6.07) is 2.04. The van der Waals surface area contributed by atoms with Crippen LogP contribution in [-0.4, -0.2) is 24.0 Å². The van der Waals surface area contributed by atoms with Gasteiger partial charge in [-0.25, -0.2) is 4.68 Å². The van der Waals surface area contributed by atoms with E-state index in [9.17, 15) is 0 Å². The number of aromatic nitrogens is 2. The molecule has 0 amide bonds.